The molecule has 4 rings (SSSR count). The van der Waals surface area contributed by atoms with E-state index in [1.807, 2.05) is 0 Å². The fourth-order valence-electron chi connectivity index (χ4n) is 3.03. The quantitative estimate of drug-likeness (QED) is 0.749. The van der Waals surface area contributed by atoms with Crippen molar-refractivity contribution in [1.82, 2.24) is 9.78 Å². The Bertz CT molecular complexity index is 1050. The topological polar surface area (TPSA) is 73.2 Å². The predicted octanol–water partition coefficient (Wildman–Crippen LogP) is 3.03. The van der Waals surface area contributed by atoms with Crippen molar-refractivity contribution in [3.05, 3.63) is 71.2 Å². The summed E-state index contributed by atoms with van der Waals surface area (Å²) in [5.41, 5.74) is 2.39. The second-order valence-corrected chi connectivity index (χ2v) is 7.50. The fraction of sp³-hybridized carbons (Fsp3) is 0.158. The molecule has 3 aromatic rings. The Balaban J connectivity index is 1.76. The summed E-state index contributed by atoms with van der Waals surface area (Å²) in [6.07, 6.45) is 0. The van der Waals surface area contributed by atoms with Crippen molar-refractivity contribution in [3.63, 3.8) is 0 Å². The largest absolute Gasteiger partial charge is 0.496 e. The van der Waals surface area contributed by atoms with Crippen molar-refractivity contribution in [2.75, 3.05) is 12.4 Å². The van der Waals surface area contributed by atoms with Crippen LogP contribution in [-0.4, -0.2) is 27.0 Å². The Hall–Kier alpha value is -3.00. The molecule has 1 amide bonds. The lowest BCUT2D eigenvalue weighted by Crippen LogP contribution is -2.17. The summed E-state index contributed by atoms with van der Waals surface area (Å²) in [6.45, 7) is 0. The first kappa shape index (κ1) is 17.4. The van der Waals surface area contributed by atoms with Crippen LogP contribution in [0.4, 0.5) is 10.2 Å². The number of carbonyl (C=O) groups is 1. The number of nitrogens with zero attached hydrogens (tertiary/aromatic N) is 2. The number of amides is 1. The van der Waals surface area contributed by atoms with Gasteiger partial charge in [0.2, 0.25) is 0 Å². The van der Waals surface area contributed by atoms with E-state index in [0.717, 1.165) is 5.56 Å². The van der Waals surface area contributed by atoms with Gasteiger partial charge in [0.1, 0.15) is 17.4 Å². The molecule has 27 heavy (non-hydrogen) atoms. The molecule has 1 aliphatic heterocycles. The zero-order valence-corrected chi connectivity index (χ0v) is 15.3. The molecular formula is C19H16FN3O3S. The van der Waals surface area contributed by atoms with Gasteiger partial charge in [0.05, 0.1) is 35.6 Å². The van der Waals surface area contributed by atoms with Crippen LogP contribution >= 0.6 is 0 Å². The first-order valence-electron chi connectivity index (χ1n) is 8.23. The molecule has 0 aliphatic carbocycles. The van der Waals surface area contributed by atoms with Crippen LogP contribution in [0.25, 0.3) is 5.69 Å². The van der Waals surface area contributed by atoms with Crippen LogP contribution in [-0.2, 0) is 22.3 Å². The summed E-state index contributed by atoms with van der Waals surface area (Å²) in [7, 11) is 0.452. The maximum absolute atomic E-state index is 13.3. The van der Waals surface area contributed by atoms with E-state index in [-0.39, 0.29) is 11.7 Å². The third-order valence-electron chi connectivity index (χ3n) is 4.32. The van der Waals surface area contributed by atoms with Gasteiger partial charge in [-0.25, -0.2) is 9.07 Å². The molecule has 0 bridgehead atoms. The molecule has 138 valence electrons. The third kappa shape index (κ3) is 3.23. The highest BCUT2D eigenvalue weighted by molar-refractivity contribution is 7.83. The summed E-state index contributed by atoms with van der Waals surface area (Å²) in [6, 6.07) is 12.7. The molecule has 6 nitrogen and oxygen atoms in total. The number of halogens is 1. The minimum absolute atomic E-state index is 0.318. The normalized spacial score (nSPS) is 15.4. The van der Waals surface area contributed by atoms with Gasteiger partial charge in [-0.05, 0) is 36.4 Å². The number of fused-ring (bicyclic) bond motifs is 1. The Labute approximate surface area is 157 Å². The number of aromatic nitrogens is 2. The lowest BCUT2D eigenvalue weighted by molar-refractivity contribution is 0.102. The smallest absolute Gasteiger partial charge is 0.260 e. The molecule has 1 atom stereocenters. The summed E-state index contributed by atoms with van der Waals surface area (Å²) in [5, 5.41) is 7.35. The number of hydrogen-bond donors (Lipinski definition) is 1. The van der Waals surface area contributed by atoms with E-state index in [0.29, 0.717) is 40.0 Å². The van der Waals surface area contributed by atoms with Crippen LogP contribution in [0.15, 0.2) is 48.5 Å². The van der Waals surface area contributed by atoms with Crippen LogP contribution in [0.3, 0.4) is 0 Å². The summed E-state index contributed by atoms with van der Waals surface area (Å²) < 4.78 is 32.0. The van der Waals surface area contributed by atoms with Crippen LogP contribution in [0.1, 0.15) is 21.6 Å². The van der Waals surface area contributed by atoms with Crippen molar-refractivity contribution in [3.8, 4) is 11.4 Å². The second kappa shape index (κ2) is 6.96. The van der Waals surface area contributed by atoms with Gasteiger partial charge >= 0.3 is 0 Å². The van der Waals surface area contributed by atoms with Crippen molar-refractivity contribution < 1.29 is 18.1 Å². The van der Waals surface area contributed by atoms with Crippen molar-refractivity contribution in [2.45, 2.75) is 11.5 Å². The summed E-state index contributed by atoms with van der Waals surface area (Å²) >= 11 is 0. The van der Waals surface area contributed by atoms with Crippen LogP contribution < -0.4 is 10.1 Å². The Morgan fingerprint density at radius 2 is 1.93 bits per heavy atom. The Morgan fingerprint density at radius 1 is 1.19 bits per heavy atom. The monoisotopic (exact) mass is 385 g/mol. The highest BCUT2D eigenvalue weighted by Crippen LogP contribution is 2.32. The maximum Gasteiger partial charge on any atom is 0.260 e. The highest BCUT2D eigenvalue weighted by atomic mass is 32.2. The standard InChI is InChI=1S/C19H16FN3O3S/c1-26-17-5-3-2-4-14(17)19(24)21-18-15-10-27(25)11-16(15)22-23(18)13-8-6-12(20)7-9-13/h2-9H,10-11H2,1H3,(H,21,24)/t27-/m0/s1. The second-order valence-electron chi connectivity index (χ2n) is 6.04. The number of hydrogen-bond acceptors (Lipinski definition) is 4. The number of methoxy groups -OCH3 is 1. The number of rotatable bonds is 4. The molecule has 0 spiro atoms. The first-order chi connectivity index (χ1) is 13.1. The number of ether oxygens (including phenoxy) is 1. The molecule has 2 aromatic carbocycles. The van der Waals surface area contributed by atoms with E-state index in [4.69, 9.17) is 4.74 Å². The maximum atomic E-state index is 13.3. The molecule has 0 radical (unpaired) electrons. The van der Waals surface area contributed by atoms with Gasteiger partial charge in [-0.15, -0.1) is 0 Å². The van der Waals surface area contributed by atoms with E-state index in [2.05, 4.69) is 10.4 Å². The molecule has 0 unspecified atom stereocenters. The van der Waals surface area contributed by atoms with Gasteiger partial charge in [0.15, 0.2) is 0 Å². The van der Waals surface area contributed by atoms with Gasteiger partial charge in [0, 0.05) is 16.4 Å². The average Bonchev–Trinajstić information content (AvgIpc) is 3.19. The number of carbonyl (C=O) groups excluding carboxylic acids is 1. The van der Waals surface area contributed by atoms with Gasteiger partial charge in [-0.1, -0.05) is 12.1 Å². The van der Waals surface area contributed by atoms with Gasteiger partial charge in [0.25, 0.3) is 5.91 Å². The number of nitrogens with one attached hydrogen (secondary N) is 1. The van der Waals surface area contributed by atoms with Gasteiger partial charge in [-0.2, -0.15) is 5.10 Å². The summed E-state index contributed by atoms with van der Waals surface area (Å²) in [5.74, 6) is 0.816. The molecule has 0 fully saturated rings. The van der Waals surface area contributed by atoms with E-state index in [1.165, 1.54) is 19.2 Å². The molecule has 2 heterocycles. The Morgan fingerprint density at radius 3 is 2.67 bits per heavy atom. The molecule has 1 aromatic heterocycles. The van der Waals surface area contributed by atoms with E-state index >= 15 is 0 Å². The fourth-order valence-corrected chi connectivity index (χ4v) is 4.30. The third-order valence-corrected chi connectivity index (χ3v) is 5.53. The molecule has 8 heteroatoms. The molecule has 1 aliphatic rings. The molecule has 0 saturated carbocycles. The van der Waals surface area contributed by atoms with E-state index in [1.54, 1.807) is 41.1 Å². The average molecular weight is 385 g/mol. The SMILES string of the molecule is COc1ccccc1C(=O)Nc1c2c(nn1-c1ccc(F)cc1)C[S@@](=O)C2. The van der Waals surface area contributed by atoms with E-state index in [9.17, 15) is 13.4 Å². The number of para-hydroxylation sites is 1. The summed E-state index contributed by atoms with van der Waals surface area (Å²) in [4.78, 5) is 12.8. The zero-order valence-electron chi connectivity index (χ0n) is 14.4. The molecule has 0 saturated heterocycles. The van der Waals surface area contributed by atoms with Gasteiger partial charge in [-0.3, -0.25) is 9.00 Å². The van der Waals surface area contributed by atoms with Gasteiger partial charge < -0.3 is 10.1 Å². The van der Waals surface area contributed by atoms with Crippen LogP contribution in [0, 0.1) is 5.82 Å². The molecular weight excluding hydrogens is 369 g/mol. The highest BCUT2D eigenvalue weighted by Gasteiger charge is 2.29. The Kier molecular flexibility index (Phi) is 4.49. The molecule has 1 N–H and O–H groups in total. The zero-order chi connectivity index (χ0) is 19.0. The minimum Gasteiger partial charge on any atom is -0.496 e. The number of benzene rings is 2. The first-order valence-corrected chi connectivity index (χ1v) is 9.71. The minimum atomic E-state index is -1.04. The lowest BCUT2D eigenvalue weighted by Gasteiger charge is -2.12. The van der Waals surface area contributed by atoms with Crippen molar-refractivity contribution in [2.24, 2.45) is 0 Å². The van der Waals surface area contributed by atoms with Crippen LogP contribution in [0.5, 0.6) is 5.75 Å². The van der Waals surface area contributed by atoms with Crippen LogP contribution in [0.2, 0.25) is 0 Å². The van der Waals surface area contributed by atoms with Crippen molar-refractivity contribution in [1.29, 1.82) is 0 Å². The number of anilines is 1. The van der Waals surface area contributed by atoms with E-state index < -0.39 is 10.8 Å². The lowest BCUT2D eigenvalue weighted by atomic mass is 10.2. The predicted molar refractivity (Wildman–Crippen MR) is 100 cm³/mol. The van der Waals surface area contributed by atoms with Crippen molar-refractivity contribution >= 4 is 22.5 Å².